The van der Waals surface area contributed by atoms with Gasteiger partial charge < -0.3 is 11.5 Å². The van der Waals surface area contributed by atoms with Gasteiger partial charge in [-0.25, -0.2) is 0 Å². The molecule has 1 rings (SSSR count). The summed E-state index contributed by atoms with van der Waals surface area (Å²) < 4.78 is 0. The lowest BCUT2D eigenvalue weighted by atomic mass is 10.1. The summed E-state index contributed by atoms with van der Waals surface area (Å²) in [6.45, 7) is 2.59. The van der Waals surface area contributed by atoms with Crippen LogP contribution in [-0.2, 0) is 0 Å². The van der Waals surface area contributed by atoms with Gasteiger partial charge in [0.25, 0.3) is 0 Å². The van der Waals surface area contributed by atoms with E-state index in [0.717, 1.165) is 5.56 Å². The summed E-state index contributed by atoms with van der Waals surface area (Å²) in [4.78, 5) is 1.29. The lowest BCUT2D eigenvalue weighted by Gasteiger charge is -2.03. The molecule has 0 aliphatic rings. The Kier molecular flexibility index (Phi) is 2.43. The van der Waals surface area contributed by atoms with E-state index in [1.54, 1.807) is 11.3 Å². The molecule has 2 nitrogen and oxygen atoms in total. The zero-order valence-corrected chi connectivity index (χ0v) is 6.82. The summed E-state index contributed by atoms with van der Waals surface area (Å²) in [7, 11) is 0. The fraction of sp³-hybridized carbons (Fsp3) is 0.429. The molecule has 1 atom stereocenters. The van der Waals surface area contributed by atoms with Crippen molar-refractivity contribution in [3.8, 4) is 0 Å². The molecule has 0 aromatic carbocycles. The minimum atomic E-state index is 0.0185. The van der Waals surface area contributed by atoms with Crippen LogP contribution >= 0.6 is 11.3 Å². The van der Waals surface area contributed by atoms with Crippen molar-refractivity contribution in [2.45, 2.75) is 13.0 Å². The number of aryl methyl sites for hydroxylation is 1. The van der Waals surface area contributed by atoms with Gasteiger partial charge in [-0.3, -0.25) is 0 Å². The molecule has 3 heteroatoms. The van der Waals surface area contributed by atoms with E-state index in [2.05, 4.69) is 18.4 Å². The fourth-order valence-corrected chi connectivity index (χ4v) is 1.56. The predicted octanol–water partition coefficient (Wildman–Crippen LogP) is 1.02. The van der Waals surface area contributed by atoms with E-state index in [9.17, 15) is 0 Å². The van der Waals surface area contributed by atoms with Crippen molar-refractivity contribution in [3.05, 3.63) is 21.9 Å². The average molecular weight is 156 g/mol. The first-order valence-corrected chi connectivity index (χ1v) is 4.12. The van der Waals surface area contributed by atoms with Gasteiger partial charge in [0, 0.05) is 17.5 Å². The first kappa shape index (κ1) is 7.72. The van der Waals surface area contributed by atoms with Crippen molar-refractivity contribution in [1.82, 2.24) is 0 Å². The van der Waals surface area contributed by atoms with E-state index in [4.69, 9.17) is 11.5 Å². The van der Waals surface area contributed by atoms with E-state index in [1.165, 1.54) is 4.88 Å². The van der Waals surface area contributed by atoms with E-state index in [0.29, 0.717) is 6.54 Å². The summed E-state index contributed by atoms with van der Waals surface area (Å²) in [6.07, 6.45) is 0. The maximum Gasteiger partial charge on any atom is 0.0427 e. The van der Waals surface area contributed by atoms with Crippen LogP contribution in [0.4, 0.5) is 0 Å². The maximum atomic E-state index is 5.69. The molecule has 1 aromatic rings. The maximum absolute atomic E-state index is 5.69. The van der Waals surface area contributed by atoms with Gasteiger partial charge in [-0.15, -0.1) is 11.3 Å². The van der Waals surface area contributed by atoms with Crippen LogP contribution in [0.5, 0.6) is 0 Å². The highest BCUT2D eigenvalue weighted by Crippen LogP contribution is 2.17. The Hall–Kier alpha value is -0.380. The van der Waals surface area contributed by atoms with Crippen LogP contribution in [0.1, 0.15) is 16.5 Å². The number of hydrogen-bond donors (Lipinski definition) is 2. The van der Waals surface area contributed by atoms with Crippen LogP contribution in [0, 0.1) is 6.92 Å². The van der Waals surface area contributed by atoms with Gasteiger partial charge in [0.1, 0.15) is 0 Å². The van der Waals surface area contributed by atoms with Crippen LogP contribution in [0.25, 0.3) is 0 Å². The largest absolute Gasteiger partial charge is 0.329 e. The third-order valence-electron chi connectivity index (χ3n) is 1.43. The molecule has 0 saturated carbocycles. The Labute approximate surface area is 64.8 Å². The van der Waals surface area contributed by atoms with E-state index >= 15 is 0 Å². The van der Waals surface area contributed by atoms with E-state index < -0.39 is 0 Å². The molecular weight excluding hydrogens is 144 g/mol. The Balaban J connectivity index is 2.74. The zero-order valence-electron chi connectivity index (χ0n) is 6.00. The van der Waals surface area contributed by atoms with Gasteiger partial charge in [-0.05, 0) is 23.9 Å². The molecular formula is C7H12N2S. The second-order valence-electron chi connectivity index (χ2n) is 2.33. The third kappa shape index (κ3) is 1.56. The van der Waals surface area contributed by atoms with E-state index in [1.807, 2.05) is 0 Å². The molecule has 1 heterocycles. The SMILES string of the molecule is Cc1cc([C@H](N)CN)cs1. The summed E-state index contributed by atoms with van der Waals surface area (Å²) in [5.41, 5.74) is 12.2. The van der Waals surface area contributed by atoms with Crippen LogP contribution in [0.15, 0.2) is 11.4 Å². The molecule has 0 saturated heterocycles. The highest BCUT2D eigenvalue weighted by molar-refractivity contribution is 7.10. The van der Waals surface area contributed by atoms with Crippen LogP contribution in [0.3, 0.4) is 0 Å². The normalized spacial score (nSPS) is 13.5. The Morgan fingerprint density at radius 3 is 2.80 bits per heavy atom. The van der Waals surface area contributed by atoms with Crippen molar-refractivity contribution in [2.24, 2.45) is 11.5 Å². The Morgan fingerprint density at radius 2 is 2.40 bits per heavy atom. The molecule has 0 fully saturated rings. The highest BCUT2D eigenvalue weighted by atomic mass is 32.1. The molecule has 0 bridgehead atoms. The summed E-state index contributed by atoms with van der Waals surface area (Å²) >= 11 is 1.71. The molecule has 56 valence electrons. The number of nitrogens with two attached hydrogens (primary N) is 2. The standard InChI is InChI=1S/C7H12N2S/c1-5-2-6(4-10-5)7(9)3-8/h2,4,7H,3,8-9H2,1H3/t7-/m1/s1. The van der Waals surface area contributed by atoms with Gasteiger partial charge in [0.05, 0.1) is 0 Å². The lowest BCUT2D eigenvalue weighted by Crippen LogP contribution is -2.19. The zero-order chi connectivity index (χ0) is 7.56. The molecule has 0 spiro atoms. The van der Waals surface area contributed by atoms with Crippen LogP contribution in [0.2, 0.25) is 0 Å². The second kappa shape index (κ2) is 3.14. The molecule has 0 aliphatic heterocycles. The van der Waals surface area contributed by atoms with Gasteiger partial charge in [0.15, 0.2) is 0 Å². The Bertz CT molecular complexity index is 207. The highest BCUT2D eigenvalue weighted by Gasteiger charge is 2.03. The molecule has 0 aliphatic carbocycles. The first-order chi connectivity index (χ1) is 4.74. The first-order valence-electron chi connectivity index (χ1n) is 3.24. The lowest BCUT2D eigenvalue weighted by molar-refractivity contribution is 0.740. The molecule has 4 N–H and O–H groups in total. The Morgan fingerprint density at radius 1 is 1.70 bits per heavy atom. The average Bonchev–Trinajstić information content (AvgIpc) is 2.34. The van der Waals surface area contributed by atoms with Crippen molar-refractivity contribution >= 4 is 11.3 Å². The van der Waals surface area contributed by atoms with Gasteiger partial charge >= 0.3 is 0 Å². The number of hydrogen-bond acceptors (Lipinski definition) is 3. The van der Waals surface area contributed by atoms with Crippen molar-refractivity contribution in [3.63, 3.8) is 0 Å². The van der Waals surface area contributed by atoms with Gasteiger partial charge in [-0.1, -0.05) is 0 Å². The van der Waals surface area contributed by atoms with Crippen LogP contribution < -0.4 is 11.5 Å². The summed E-state index contributed by atoms with van der Waals surface area (Å²) in [5.74, 6) is 0. The van der Waals surface area contributed by atoms with Gasteiger partial charge in [0.2, 0.25) is 0 Å². The molecule has 0 unspecified atom stereocenters. The third-order valence-corrected chi connectivity index (χ3v) is 2.31. The van der Waals surface area contributed by atoms with Crippen molar-refractivity contribution in [2.75, 3.05) is 6.54 Å². The minimum Gasteiger partial charge on any atom is -0.329 e. The van der Waals surface area contributed by atoms with Crippen LogP contribution in [-0.4, -0.2) is 6.54 Å². The van der Waals surface area contributed by atoms with Gasteiger partial charge in [-0.2, -0.15) is 0 Å². The van der Waals surface area contributed by atoms with Crippen molar-refractivity contribution < 1.29 is 0 Å². The summed E-state index contributed by atoms with van der Waals surface area (Å²) in [5, 5.41) is 2.06. The molecule has 1 aromatic heterocycles. The summed E-state index contributed by atoms with van der Waals surface area (Å²) in [6, 6.07) is 2.10. The molecule has 0 radical (unpaired) electrons. The second-order valence-corrected chi connectivity index (χ2v) is 3.45. The van der Waals surface area contributed by atoms with Crippen molar-refractivity contribution in [1.29, 1.82) is 0 Å². The quantitative estimate of drug-likeness (QED) is 0.671. The molecule has 0 amide bonds. The monoisotopic (exact) mass is 156 g/mol. The topological polar surface area (TPSA) is 52.0 Å². The smallest absolute Gasteiger partial charge is 0.0427 e. The van der Waals surface area contributed by atoms with E-state index in [-0.39, 0.29) is 6.04 Å². The predicted molar refractivity (Wildman–Crippen MR) is 45.0 cm³/mol. The fourth-order valence-electron chi connectivity index (χ4n) is 0.794. The minimum absolute atomic E-state index is 0.0185. The number of rotatable bonds is 2. The number of thiophene rings is 1. The molecule has 10 heavy (non-hydrogen) atoms.